The summed E-state index contributed by atoms with van der Waals surface area (Å²) in [6.07, 6.45) is 1.61. The molecule has 0 saturated carbocycles. The molecule has 0 aliphatic rings. The van der Waals surface area contributed by atoms with Crippen molar-refractivity contribution in [3.05, 3.63) is 47.9 Å². The molecule has 0 bridgehead atoms. The first-order valence-electron chi connectivity index (χ1n) is 6.19. The lowest BCUT2D eigenvalue weighted by molar-refractivity contribution is 0.199. The summed E-state index contributed by atoms with van der Waals surface area (Å²) in [6, 6.07) is 9.76. The molecule has 102 valence electrons. The van der Waals surface area contributed by atoms with Gasteiger partial charge in [0, 0.05) is 26.3 Å². The summed E-state index contributed by atoms with van der Waals surface area (Å²) in [6.45, 7) is 2.73. The summed E-state index contributed by atoms with van der Waals surface area (Å²) >= 11 is 0. The van der Waals surface area contributed by atoms with Crippen LogP contribution in [0, 0.1) is 0 Å². The average molecular weight is 262 g/mol. The number of rotatable bonds is 8. The van der Waals surface area contributed by atoms with Gasteiger partial charge in [0.25, 0.3) is 0 Å². The quantitative estimate of drug-likeness (QED) is 0.737. The van der Waals surface area contributed by atoms with E-state index < -0.39 is 0 Å². The number of nitrogens with one attached hydrogen (secondary N) is 1. The third-order valence-corrected chi connectivity index (χ3v) is 2.58. The minimum Gasteiger partial charge on any atom is -0.486 e. The number of nitrogens with zero attached hydrogens (tertiary/aromatic N) is 1. The van der Waals surface area contributed by atoms with Crippen molar-refractivity contribution in [2.75, 3.05) is 20.3 Å². The highest BCUT2D eigenvalue weighted by molar-refractivity contribution is 5.28. The van der Waals surface area contributed by atoms with Crippen LogP contribution in [0.2, 0.25) is 0 Å². The molecule has 0 amide bonds. The van der Waals surface area contributed by atoms with Gasteiger partial charge >= 0.3 is 0 Å². The molecule has 1 N–H and O–H groups in total. The Morgan fingerprint density at radius 2 is 2.26 bits per heavy atom. The van der Waals surface area contributed by atoms with Crippen molar-refractivity contribution in [3.63, 3.8) is 0 Å². The Hall–Kier alpha value is -1.85. The summed E-state index contributed by atoms with van der Waals surface area (Å²) in [5.74, 6) is 1.53. The Kier molecular flexibility index (Phi) is 5.40. The number of hydrogen-bond acceptors (Lipinski definition) is 5. The molecule has 0 fully saturated rings. The van der Waals surface area contributed by atoms with Crippen LogP contribution in [0.5, 0.6) is 5.75 Å². The summed E-state index contributed by atoms with van der Waals surface area (Å²) in [4.78, 5) is 0. The van der Waals surface area contributed by atoms with Crippen LogP contribution in [0.4, 0.5) is 0 Å². The van der Waals surface area contributed by atoms with Gasteiger partial charge in [-0.3, -0.25) is 0 Å². The fraction of sp³-hybridized carbons (Fsp3) is 0.357. The van der Waals surface area contributed by atoms with Gasteiger partial charge in [0.15, 0.2) is 5.76 Å². The number of ether oxygens (including phenoxy) is 2. The smallest absolute Gasteiger partial charge is 0.174 e. The van der Waals surface area contributed by atoms with E-state index in [1.54, 1.807) is 19.4 Å². The van der Waals surface area contributed by atoms with Crippen LogP contribution in [-0.4, -0.2) is 25.4 Å². The highest BCUT2D eigenvalue weighted by atomic mass is 16.5. The normalized spacial score (nSPS) is 10.6. The number of aromatic nitrogens is 1. The van der Waals surface area contributed by atoms with E-state index in [4.69, 9.17) is 14.0 Å². The summed E-state index contributed by atoms with van der Waals surface area (Å²) in [7, 11) is 1.69. The van der Waals surface area contributed by atoms with E-state index in [-0.39, 0.29) is 0 Å². The van der Waals surface area contributed by atoms with Gasteiger partial charge in [0.2, 0.25) is 0 Å². The van der Waals surface area contributed by atoms with E-state index in [9.17, 15) is 0 Å². The zero-order valence-electron chi connectivity index (χ0n) is 11.0. The van der Waals surface area contributed by atoms with Gasteiger partial charge in [-0.05, 0) is 17.7 Å². The van der Waals surface area contributed by atoms with Crippen LogP contribution in [0.25, 0.3) is 0 Å². The maximum atomic E-state index is 5.63. The van der Waals surface area contributed by atoms with Gasteiger partial charge in [0.05, 0.1) is 12.8 Å². The lowest BCUT2D eigenvalue weighted by atomic mass is 10.2. The zero-order valence-corrected chi connectivity index (χ0v) is 11.0. The molecule has 19 heavy (non-hydrogen) atoms. The van der Waals surface area contributed by atoms with Crippen LogP contribution in [-0.2, 0) is 17.9 Å². The second-order valence-corrected chi connectivity index (χ2v) is 4.08. The molecule has 1 aromatic carbocycles. The SMILES string of the molecule is COCCNCc1cccc(OCc2ccno2)c1. The Balaban J connectivity index is 1.81. The highest BCUT2D eigenvalue weighted by Gasteiger charge is 2.00. The molecule has 5 nitrogen and oxygen atoms in total. The predicted octanol–water partition coefficient (Wildman–Crippen LogP) is 1.99. The van der Waals surface area contributed by atoms with Crippen LogP contribution in [0.15, 0.2) is 41.1 Å². The summed E-state index contributed by atoms with van der Waals surface area (Å²) in [5, 5.41) is 6.92. The highest BCUT2D eigenvalue weighted by Crippen LogP contribution is 2.15. The van der Waals surface area contributed by atoms with Gasteiger partial charge in [0.1, 0.15) is 12.4 Å². The van der Waals surface area contributed by atoms with Gasteiger partial charge in [-0.2, -0.15) is 0 Å². The van der Waals surface area contributed by atoms with Gasteiger partial charge in [-0.1, -0.05) is 17.3 Å². The van der Waals surface area contributed by atoms with E-state index >= 15 is 0 Å². The fourth-order valence-electron chi connectivity index (χ4n) is 1.62. The molecule has 0 spiro atoms. The third kappa shape index (κ3) is 4.73. The number of benzene rings is 1. The molecule has 0 atom stereocenters. The first-order valence-corrected chi connectivity index (χ1v) is 6.19. The third-order valence-electron chi connectivity index (χ3n) is 2.58. The monoisotopic (exact) mass is 262 g/mol. The van der Waals surface area contributed by atoms with Crippen LogP contribution in [0.1, 0.15) is 11.3 Å². The van der Waals surface area contributed by atoms with Crippen molar-refractivity contribution in [2.45, 2.75) is 13.2 Å². The molecule has 0 saturated heterocycles. The zero-order chi connectivity index (χ0) is 13.3. The van der Waals surface area contributed by atoms with E-state index in [0.29, 0.717) is 19.0 Å². The van der Waals surface area contributed by atoms with E-state index in [1.165, 1.54) is 5.56 Å². The molecule has 0 aliphatic carbocycles. The maximum Gasteiger partial charge on any atom is 0.174 e. The maximum absolute atomic E-state index is 5.63. The van der Waals surface area contributed by atoms with Crippen molar-refractivity contribution >= 4 is 0 Å². The molecule has 0 radical (unpaired) electrons. The molecule has 2 aromatic rings. The minimum atomic E-state index is 0.389. The molecule has 1 aromatic heterocycles. The summed E-state index contributed by atoms with van der Waals surface area (Å²) < 4.78 is 15.6. The number of hydrogen-bond donors (Lipinski definition) is 1. The molecule has 0 unspecified atom stereocenters. The first-order chi connectivity index (χ1) is 9.38. The second-order valence-electron chi connectivity index (χ2n) is 4.08. The van der Waals surface area contributed by atoms with Gasteiger partial charge in [-0.15, -0.1) is 0 Å². The molecular formula is C14H18N2O3. The Labute approximate surface area is 112 Å². The van der Waals surface area contributed by atoms with E-state index in [1.807, 2.05) is 18.2 Å². The number of methoxy groups -OCH3 is 1. The Morgan fingerprint density at radius 1 is 1.32 bits per heavy atom. The summed E-state index contributed by atoms with van der Waals surface area (Å²) in [5.41, 5.74) is 1.17. The van der Waals surface area contributed by atoms with Crippen LogP contribution >= 0.6 is 0 Å². The average Bonchev–Trinajstić information content (AvgIpc) is 2.95. The van der Waals surface area contributed by atoms with Crippen molar-refractivity contribution in [3.8, 4) is 5.75 Å². The predicted molar refractivity (Wildman–Crippen MR) is 70.9 cm³/mol. The molecular weight excluding hydrogens is 244 g/mol. The lowest BCUT2D eigenvalue weighted by Gasteiger charge is -2.07. The van der Waals surface area contributed by atoms with Crippen molar-refractivity contribution in [2.24, 2.45) is 0 Å². The van der Waals surface area contributed by atoms with E-state index in [0.717, 1.165) is 18.8 Å². The molecule has 0 aliphatic heterocycles. The molecule has 1 heterocycles. The van der Waals surface area contributed by atoms with Crippen molar-refractivity contribution in [1.29, 1.82) is 0 Å². The lowest BCUT2D eigenvalue weighted by Crippen LogP contribution is -2.18. The standard InChI is InChI=1S/C14H18N2O3/c1-17-8-7-15-10-12-3-2-4-13(9-12)18-11-14-5-6-16-19-14/h2-6,9,15H,7-8,10-11H2,1H3. The Bertz CT molecular complexity index is 471. The van der Waals surface area contributed by atoms with Crippen LogP contribution < -0.4 is 10.1 Å². The molecule has 5 heteroatoms. The first kappa shape index (κ1) is 13.6. The van der Waals surface area contributed by atoms with Gasteiger partial charge in [-0.25, -0.2) is 0 Å². The van der Waals surface area contributed by atoms with E-state index in [2.05, 4.69) is 16.5 Å². The fourth-order valence-corrected chi connectivity index (χ4v) is 1.62. The Morgan fingerprint density at radius 3 is 3.05 bits per heavy atom. The largest absolute Gasteiger partial charge is 0.486 e. The van der Waals surface area contributed by atoms with Gasteiger partial charge < -0.3 is 19.3 Å². The van der Waals surface area contributed by atoms with Crippen molar-refractivity contribution in [1.82, 2.24) is 10.5 Å². The van der Waals surface area contributed by atoms with Crippen molar-refractivity contribution < 1.29 is 14.0 Å². The minimum absolute atomic E-state index is 0.389. The molecule has 2 rings (SSSR count). The second kappa shape index (κ2) is 7.56. The van der Waals surface area contributed by atoms with Crippen LogP contribution in [0.3, 0.4) is 0 Å². The topological polar surface area (TPSA) is 56.5 Å².